The van der Waals surface area contributed by atoms with Crippen LogP contribution in [0.1, 0.15) is 48.6 Å². The monoisotopic (exact) mass is 753 g/mol. The molecule has 0 saturated carbocycles. The molecule has 0 atom stereocenters. The van der Waals surface area contributed by atoms with Gasteiger partial charge in [0, 0.05) is 47.1 Å². The number of rotatable bonds is 11. The largest absolute Gasteiger partial charge is 1.00 e. The van der Waals surface area contributed by atoms with Gasteiger partial charge in [0.05, 0.1) is 9.79 Å². The summed E-state index contributed by atoms with van der Waals surface area (Å²) in [5.41, 5.74) is 9.30. The predicted octanol–water partition coefficient (Wildman–Crippen LogP) is 4.82. The van der Waals surface area contributed by atoms with Crippen LogP contribution in [0, 0.1) is 6.92 Å². The Kier molecular flexibility index (Phi) is 13.5. The van der Waals surface area contributed by atoms with Gasteiger partial charge in [-0.3, -0.25) is 4.55 Å². The third kappa shape index (κ3) is 9.77. The van der Waals surface area contributed by atoms with Crippen molar-refractivity contribution in [2.24, 2.45) is 0 Å². The second-order valence-corrected chi connectivity index (χ2v) is 15.3. The number of allylic oxidation sites excluding steroid dienone is 5. The number of nitrogens with zero attached hydrogens (tertiary/aromatic N) is 2. The molecule has 0 saturated heterocycles. The van der Waals surface area contributed by atoms with Crippen LogP contribution < -0.4 is 34.5 Å². The van der Waals surface area contributed by atoms with E-state index in [2.05, 4.69) is 47.6 Å². The van der Waals surface area contributed by atoms with Gasteiger partial charge in [-0.05, 0) is 110 Å². The molecule has 260 valence electrons. The Labute approximate surface area is 328 Å². The van der Waals surface area contributed by atoms with Gasteiger partial charge in [0.1, 0.15) is 16.7 Å². The molecule has 0 amide bonds. The minimum Gasteiger partial charge on any atom is -0.744 e. The summed E-state index contributed by atoms with van der Waals surface area (Å²) in [7, 11) is -8.87. The Morgan fingerprint density at radius 3 is 2.10 bits per heavy atom. The molecule has 8 nitrogen and oxygen atoms in total. The van der Waals surface area contributed by atoms with Crippen molar-refractivity contribution in [1.82, 2.24) is 0 Å². The Bertz CT molecular complexity index is 2300. The normalized spacial score (nSPS) is 15.2. The summed E-state index contributed by atoms with van der Waals surface area (Å²) in [4.78, 5) is 1.74. The second-order valence-electron chi connectivity index (χ2n) is 12.1. The van der Waals surface area contributed by atoms with Crippen LogP contribution in [0.25, 0.3) is 5.57 Å². The zero-order chi connectivity index (χ0) is 36.2. The van der Waals surface area contributed by atoms with Gasteiger partial charge in [-0.25, -0.2) is 13.0 Å². The van der Waals surface area contributed by atoms with Crippen LogP contribution >= 0.6 is 11.6 Å². The maximum atomic E-state index is 11.7. The van der Waals surface area contributed by atoms with Gasteiger partial charge in [-0.2, -0.15) is 8.42 Å². The second kappa shape index (κ2) is 17.0. The van der Waals surface area contributed by atoms with Crippen LogP contribution in [-0.2, 0) is 33.3 Å². The Morgan fingerprint density at radius 2 is 1.49 bits per heavy atom. The molecule has 4 aromatic carbocycles. The first-order chi connectivity index (χ1) is 23.7. The molecule has 0 heterocycles. The minimum atomic E-state index is -4.56. The Balaban J connectivity index is 0.00000583. The molecule has 1 aliphatic carbocycles. The number of aryl methyl sites for hydroxylation is 1. The molecular weight excluding hydrogens is 715 g/mol. The first-order valence-corrected chi connectivity index (χ1v) is 19.4. The van der Waals surface area contributed by atoms with E-state index in [0.29, 0.717) is 31.2 Å². The molecule has 51 heavy (non-hydrogen) atoms. The van der Waals surface area contributed by atoms with Gasteiger partial charge >= 0.3 is 29.6 Å². The Hall–Kier alpha value is -3.32. The van der Waals surface area contributed by atoms with E-state index < -0.39 is 20.2 Å². The summed E-state index contributed by atoms with van der Waals surface area (Å²) in [6.07, 6.45) is 6.25. The molecule has 5 rings (SSSR count). The van der Waals surface area contributed by atoms with Crippen molar-refractivity contribution in [3.63, 3.8) is 0 Å². The van der Waals surface area contributed by atoms with Crippen LogP contribution in [-0.4, -0.2) is 49.3 Å². The van der Waals surface area contributed by atoms with E-state index in [9.17, 15) is 25.9 Å². The molecule has 1 aliphatic rings. The van der Waals surface area contributed by atoms with Gasteiger partial charge in [0.25, 0.3) is 10.1 Å². The third-order valence-electron chi connectivity index (χ3n) is 8.73. The maximum Gasteiger partial charge on any atom is 1.00 e. The fraction of sp³-hybridized carbons (Fsp3) is 0.205. The van der Waals surface area contributed by atoms with E-state index in [1.165, 1.54) is 24.3 Å². The van der Waals surface area contributed by atoms with E-state index in [0.717, 1.165) is 55.9 Å². The summed E-state index contributed by atoms with van der Waals surface area (Å²) in [6, 6.07) is 26.4. The first-order valence-electron chi connectivity index (χ1n) is 16.1. The standard InChI is InChI=1S/C39H39ClN2O6S2.Na/c1-5-41(25-29-11-9-13-33(23-29)49(43,44)45)31-17-19-35(27(3)21-31)39(37-15-7-8-16-38(37)40)36-20-18-32(22-28(36)4)42(6-2)26-30-12-10-14-34(24-30)50(46,47)48;/h7-24H,5-6,25-26H2,1-4H3,(H-,43,44,45,46,47,48);/q;+1. The molecule has 12 heteroatoms. The average Bonchev–Trinajstić information content (AvgIpc) is 3.07. The van der Waals surface area contributed by atoms with Crippen LogP contribution in [0.5, 0.6) is 0 Å². The molecule has 0 fully saturated rings. The molecule has 1 N–H and O–H groups in total. The van der Waals surface area contributed by atoms with Crippen LogP contribution in [0.2, 0.25) is 5.02 Å². The summed E-state index contributed by atoms with van der Waals surface area (Å²) >= 11 is 6.84. The van der Waals surface area contributed by atoms with Crippen molar-refractivity contribution in [3.8, 4) is 0 Å². The van der Waals surface area contributed by atoms with Crippen LogP contribution in [0.4, 0.5) is 5.69 Å². The number of hydrogen-bond donors (Lipinski definition) is 1. The number of halogens is 1. The van der Waals surface area contributed by atoms with Gasteiger partial charge in [0.15, 0.2) is 12.3 Å². The van der Waals surface area contributed by atoms with E-state index in [1.807, 2.05) is 62.4 Å². The van der Waals surface area contributed by atoms with Crippen molar-refractivity contribution in [2.75, 3.05) is 18.0 Å². The van der Waals surface area contributed by atoms with E-state index >= 15 is 0 Å². The SMILES string of the molecule is CCN(Cc1cccc(S(=O)(=O)[O-])c1)c1ccc(C(=C2C=CC(=[N+](CC)Cc3cccc(S(=O)(=O)O)c3)C=C2C)c2ccccc2Cl)c(C)c1.[Na+]. The minimum absolute atomic E-state index is 0. The third-order valence-corrected chi connectivity index (χ3v) is 10.7. The molecule has 0 radical (unpaired) electrons. The van der Waals surface area contributed by atoms with Crippen molar-refractivity contribution in [3.05, 3.63) is 153 Å². The predicted molar refractivity (Wildman–Crippen MR) is 198 cm³/mol. The van der Waals surface area contributed by atoms with Crippen LogP contribution in [0.15, 0.2) is 130 Å². The van der Waals surface area contributed by atoms with Gasteiger partial charge in [-0.15, -0.1) is 0 Å². The summed E-state index contributed by atoms with van der Waals surface area (Å²) < 4.78 is 69.9. The average molecular weight is 754 g/mol. The number of anilines is 1. The fourth-order valence-electron chi connectivity index (χ4n) is 6.17. The van der Waals surface area contributed by atoms with Gasteiger partial charge in [-0.1, -0.05) is 60.1 Å². The van der Waals surface area contributed by atoms with E-state index in [-0.39, 0.29) is 39.3 Å². The zero-order valence-corrected chi connectivity index (χ0v) is 33.7. The molecule has 0 spiro atoms. The molecule has 0 aliphatic heterocycles. The quantitative estimate of drug-likeness (QED) is 0.133. The van der Waals surface area contributed by atoms with Crippen molar-refractivity contribution in [2.45, 2.75) is 50.6 Å². The van der Waals surface area contributed by atoms with E-state index in [1.54, 1.807) is 12.1 Å². The van der Waals surface area contributed by atoms with E-state index in [4.69, 9.17) is 11.6 Å². The van der Waals surface area contributed by atoms with Crippen LogP contribution in [0.3, 0.4) is 0 Å². The zero-order valence-electron chi connectivity index (χ0n) is 29.3. The Morgan fingerprint density at radius 1 is 0.824 bits per heavy atom. The van der Waals surface area contributed by atoms with Crippen molar-refractivity contribution < 1.29 is 60.1 Å². The molecular formula is C39H39ClN2NaO6S2+. The molecule has 0 aromatic heterocycles. The summed E-state index contributed by atoms with van der Waals surface area (Å²) in [6.45, 7) is 10.4. The topological polar surface area (TPSA) is 118 Å². The molecule has 4 aromatic rings. The molecule has 0 unspecified atom stereocenters. The van der Waals surface area contributed by atoms with Crippen molar-refractivity contribution in [1.29, 1.82) is 0 Å². The van der Waals surface area contributed by atoms with Gasteiger partial charge < -0.3 is 9.45 Å². The molecule has 0 bridgehead atoms. The summed E-state index contributed by atoms with van der Waals surface area (Å²) in [5.74, 6) is 0. The maximum absolute atomic E-state index is 11.7. The number of benzene rings is 4. The van der Waals surface area contributed by atoms with Gasteiger partial charge in [0.2, 0.25) is 0 Å². The smallest absolute Gasteiger partial charge is 0.744 e. The first kappa shape index (κ1) is 40.5. The fourth-order valence-corrected chi connectivity index (χ4v) is 7.49. The van der Waals surface area contributed by atoms with Crippen molar-refractivity contribution >= 4 is 48.8 Å². The summed E-state index contributed by atoms with van der Waals surface area (Å²) in [5, 5.41) is 0.617. The number of hydrogen-bond acceptors (Lipinski definition) is 6.